The minimum atomic E-state index is -0.389. The van der Waals surface area contributed by atoms with Gasteiger partial charge in [0, 0.05) is 40.2 Å². The standard InChI is InChI=1S/C14H23N5O3/c1-5-9(15)8-19-10(6-7-22-4)16-12-11(19)13(20)18(3)14(21)17(12)2/h9H,5-8,15H2,1-4H3. The van der Waals surface area contributed by atoms with Crippen LogP contribution in [0.4, 0.5) is 0 Å². The summed E-state index contributed by atoms with van der Waals surface area (Å²) in [6.45, 7) is 2.96. The molecule has 0 saturated heterocycles. The van der Waals surface area contributed by atoms with Crippen LogP contribution >= 0.6 is 0 Å². The van der Waals surface area contributed by atoms with Gasteiger partial charge in [0.2, 0.25) is 0 Å². The topological polar surface area (TPSA) is 97.1 Å². The smallest absolute Gasteiger partial charge is 0.332 e. The molecule has 22 heavy (non-hydrogen) atoms. The molecule has 2 aromatic heterocycles. The number of imidazole rings is 1. The zero-order chi connectivity index (χ0) is 16.4. The van der Waals surface area contributed by atoms with E-state index in [1.54, 1.807) is 14.2 Å². The molecule has 2 rings (SSSR count). The summed E-state index contributed by atoms with van der Waals surface area (Å²) in [5, 5.41) is 0. The van der Waals surface area contributed by atoms with Crippen molar-refractivity contribution in [2.24, 2.45) is 19.8 Å². The molecule has 8 nitrogen and oxygen atoms in total. The van der Waals surface area contributed by atoms with Gasteiger partial charge in [-0.3, -0.25) is 13.9 Å². The lowest BCUT2D eigenvalue weighted by Gasteiger charge is -2.13. The quantitative estimate of drug-likeness (QED) is 0.765. The summed E-state index contributed by atoms with van der Waals surface area (Å²) in [5.41, 5.74) is 6.12. The van der Waals surface area contributed by atoms with Crippen LogP contribution in [0.1, 0.15) is 19.2 Å². The van der Waals surface area contributed by atoms with E-state index in [0.29, 0.717) is 36.6 Å². The molecule has 0 bridgehead atoms. The van der Waals surface area contributed by atoms with Gasteiger partial charge >= 0.3 is 5.69 Å². The van der Waals surface area contributed by atoms with Gasteiger partial charge < -0.3 is 15.0 Å². The molecule has 0 aliphatic rings. The van der Waals surface area contributed by atoms with Crippen LogP contribution in [0.15, 0.2) is 9.59 Å². The molecule has 0 radical (unpaired) electrons. The van der Waals surface area contributed by atoms with E-state index in [1.807, 2.05) is 11.5 Å². The van der Waals surface area contributed by atoms with Crippen LogP contribution in [0.5, 0.6) is 0 Å². The van der Waals surface area contributed by atoms with Crippen molar-refractivity contribution in [3.8, 4) is 0 Å². The third-order valence-corrected chi connectivity index (χ3v) is 3.90. The number of hydrogen-bond donors (Lipinski definition) is 1. The van der Waals surface area contributed by atoms with Crippen molar-refractivity contribution in [1.29, 1.82) is 0 Å². The number of nitrogens with zero attached hydrogens (tertiary/aromatic N) is 4. The highest BCUT2D eigenvalue weighted by Crippen LogP contribution is 2.13. The van der Waals surface area contributed by atoms with Crippen molar-refractivity contribution in [2.75, 3.05) is 13.7 Å². The molecule has 0 fully saturated rings. The van der Waals surface area contributed by atoms with Crippen LogP contribution in [0.25, 0.3) is 11.2 Å². The maximum absolute atomic E-state index is 12.5. The molecule has 0 aromatic carbocycles. The first-order valence-electron chi connectivity index (χ1n) is 7.32. The van der Waals surface area contributed by atoms with Gasteiger partial charge in [0.1, 0.15) is 5.82 Å². The highest BCUT2D eigenvalue weighted by molar-refractivity contribution is 5.71. The molecular weight excluding hydrogens is 286 g/mol. The van der Waals surface area contributed by atoms with E-state index in [2.05, 4.69) is 4.98 Å². The lowest BCUT2D eigenvalue weighted by atomic mass is 10.2. The molecule has 2 heterocycles. The van der Waals surface area contributed by atoms with Crippen LogP contribution < -0.4 is 17.0 Å². The second kappa shape index (κ2) is 6.45. The number of hydrogen-bond acceptors (Lipinski definition) is 5. The Bertz CT molecular complexity index is 786. The molecule has 0 aliphatic carbocycles. The zero-order valence-corrected chi connectivity index (χ0v) is 13.5. The van der Waals surface area contributed by atoms with E-state index >= 15 is 0 Å². The lowest BCUT2D eigenvalue weighted by Crippen LogP contribution is -2.38. The summed E-state index contributed by atoms with van der Waals surface area (Å²) in [6.07, 6.45) is 1.34. The van der Waals surface area contributed by atoms with Crippen LogP contribution in [0.2, 0.25) is 0 Å². The number of nitrogens with two attached hydrogens (primary N) is 1. The fraction of sp³-hybridized carbons (Fsp3) is 0.643. The van der Waals surface area contributed by atoms with Crippen LogP contribution in [-0.4, -0.2) is 38.4 Å². The monoisotopic (exact) mass is 309 g/mol. The van der Waals surface area contributed by atoms with Crippen molar-refractivity contribution in [3.63, 3.8) is 0 Å². The first kappa shape index (κ1) is 16.4. The fourth-order valence-electron chi connectivity index (χ4n) is 2.44. The lowest BCUT2D eigenvalue weighted by molar-refractivity contribution is 0.199. The van der Waals surface area contributed by atoms with Crippen LogP contribution in [-0.2, 0) is 31.8 Å². The predicted octanol–water partition coefficient (Wildman–Crippen LogP) is -0.640. The second-order valence-electron chi connectivity index (χ2n) is 5.43. The Morgan fingerprint density at radius 3 is 2.55 bits per heavy atom. The van der Waals surface area contributed by atoms with Gasteiger partial charge in [0.15, 0.2) is 11.2 Å². The highest BCUT2D eigenvalue weighted by Gasteiger charge is 2.19. The second-order valence-corrected chi connectivity index (χ2v) is 5.43. The summed E-state index contributed by atoms with van der Waals surface area (Å²) in [5.74, 6) is 0.707. The SMILES string of the molecule is CCC(N)Cn1c(CCOC)nc2c1c(=O)n(C)c(=O)n2C. The molecule has 0 spiro atoms. The van der Waals surface area contributed by atoms with E-state index in [4.69, 9.17) is 10.5 Å². The first-order valence-corrected chi connectivity index (χ1v) is 7.32. The Hall–Kier alpha value is -1.93. The number of rotatable bonds is 6. The summed E-state index contributed by atoms with van der Waals surface area (Å²) in [6, 6.07) is -0.0827. The normalized spacial score (nSPS) is 13.0. The molecule has 8 heteroatoms. The van der Waals surface area contributed by atoms with Gasteiger partial charge in [-0.05, 0) is 6.42 Å². The van der Waals surface area contributed by atoms with Crippen LogP contribution in [0, 0.1) is 0 Å². The first-order chi connectivity index (χ1) is 10.4. The van der Waals surface area contributed by atoms with E-state index in [-0.39, 0.29) is 17.3 Å². The minimum absolute atomic E-state index is 0.0827. The molecule has 122 valence electrons. The average Bonchev–Trinajstić information content (AvgIpc) is 2.87. The maximum Gasteiger partial charge on any atom is 0.332 e. The molecule has 0 aliphatic heterocycles. The van der Waals surface area contributed by atoms with E-state index in [9.17, 15) is 9.59 Å². The summed E-state index contributed by atoms with van der Waals surface area (Å²) < 4.78 is 9.41. The Morgan fingerprint density at radius 1 is 1.27 bits per heavy atom. The Balaban J connectivity index is 2.75. The zero-order valence-electron chi connectivity index (χ0n) is 13.5. The molecule has 2 N–H and O–H groups in total. The maximum atomic E-state index is 12.5. The van der Waals surface area contributed by atoms with Gasteiger partial charge in [0.05, 0.1) is 6.61 Å². The Morgan fingerprint density at radius 2 is 1.95 bits per heavy atom. The van der Waals surface area contributed by atoms with Crippen molar-refractivity contribution in [3.05, 3.63) is 26.7 Å². The van der Waals surface area contributed by atoms with Crippen LogP contribution in [0.3, 0.4) is 0 Å². The average molecular weight is 309 g/mol. The van der Waals surface area contributed by atoms with Gasteiger partial charge in [-0.2, -0.15) is 0 Å². The molecule has 0 amide bonds. The predicted molar refractivity (Wildman–Crippen MR) is 84.1 cm³/mol. The molecule has 1 unspecified atom stereocenters. The highest BCUT2D eigenvalue weighted by atomic mass is 16.5. The number of methoxy groups -OCH3 is 1. The summed E-state index contributed by atoms with van der Waals surface area (Å²) in [4.78, 5) is 29.0. The van der Waals surface area contributed by atoms with Gasteiger partial charge in [-0.25, -0.2) is 9.78 Å². The molecule has 0 saturated carbocycles. The van der Waals surface area contributed by atoms with Crippen molar-refractivity contribution >= 4 is 11.2 Å². The largest absolute Gasteiger partial charge is 0.384 e. The fourth-order valence-corrected chi connectivity index (χ4v) is 2.44. The van der Waals surface area contributed by atoms with Gasteiger partial charge in [-0.1, -0.05) is 6.92 Å². The Kier molecular flexibility index (Phi) is 4.82. The summed E-state index contributed by atoms with van der Waals surface area (Å²) in [7, 11) is 4.69. The summed E-state index contributed by atoms with van der Waals surface area (Å²) >= 11 is 0. The van der Waals surface area contributed by atoms with Crippen molar-refractivity contribution in [2.45, 2.75) is 32.4 Å². The van der Waals surface area contributed by atoms with E-state index in [1.165, 1.54) is 11.6 Å². The third kappa shape index (κ3) is 2.71. The number of aromatic nitrogens is 4. The molecule has 1 atom stereocenters. The minimum Gasteiger partial charge on any atom is -0.384 e. The van der Waals surface area contributed by atoms with E-state index < -0.39 is 0 Å². The van der Waals surface area contributed by atoms with Gasteiger partial charge in [-0.15, -0.1) is 0 Å². The van der Waals surface area contributed by atoms with E-state index in [0.717, 1.165) is 11.0 Å². The number of ether oxygens (including phenoxy) is 1. The third-order valence-electron chi connectivity index (χ3n) is 3.90. The van der Waals surface area contributed by atoms with Crippen molar-refractivity contribution < 1.29 is 4.74 Å². The number of aryl methyl sites for hydroxylation is 1. The van der Waals surface area contributed by atoms with Crippen molar-refractivity contribution in [1.82, 2.24) is 18.7 Å². The Labute approximate surface area is 128 Å². The number of fused-ring (bicyclic) bond motifs is 1. The van der Waals surface area contributed by atoms with Gasteiger partial charge in [0.25, 0.3) is 5.56 Å². The molecule has 2 aromatic rings. The molecular formula is C14H23N5O3.